The number of rotatable bonds is 9. The zero-order valence-electron chi connectivity index (χ0n) is 24.7. The van der Waals surface area contributed by atoms with E-state index in [9.17, 15) is 4.79 Å². The minimum absolute atomic E-state index is 0.0311. The largest absolute Gasteiger partial charge is 0.361 e. The molecule has 1 amide bonds. The van der Waals surface area contributed by atoms with Crippen LogP contribution in [0.1, 0.15) is 29.0 Å². The quantitative estimate of drug-likeness (QED) is 0.127. The third-order valence-electron chi connectivity index (χ3n) is 8.12. The average molecular weight is 597 g/mol. The van der Waals surface area contributed by atoms with Gasteiger partial charge < -0.3 is 18.8 Å². The van der Waals surface area contributed by atoms with Gasteiger partial charge in [0.05, 0.1) is 23.6 Å². The van der Waals surface area contributed by atoms with Crippen LogP contribution in [0.15, 0.2) is 85.3 Å². The maximum absolute atomic E-state index is 13.7. The van der Waals surface area contributed by atoms with E-state index in [1.165, 1.54) is 0 Å². The number of hydrogen-bond acceptors (Lipinski definition) is 3. The molecule has 0 unspecified atom stereocenters. The van der Waals surface area contributed by atoms with Crippen molar-refractivity contribution in [2.45, 2.75) is 51.9 Å². The molecule has 1 atom stereocenters. The number of fused-ring (bicyclic) bond motifs is 2. The lowest BCUT2D eigenvalue weighted by molar-refractivity contribution is 0.0632. The molecule has 3 aromatic rings. The van der Waals surface area contributed by atoms with Gasteiger partial charge in [0.1, 0.15) is 12.4 Å². The fourth-order valence-electron chi connectivity index (χ4n) is 5.63. The monoisotopic (exact) mass is 596 g/mol. The van der Waals surface area contributed by atoms with Gasteiger partial charge in [0.2, 0.25) is 0 Å². The molecule has 0 N–H and O–H groups in total. The van der Waals surface area contributed by atoms with Crippen molar-refractivity contribution in [2.24, 2.45) is 0 Å². The van der Waals surface area contributed by atoms with Crippen LogP contribution in [0.25, 0.3) is 33.6 Å². The first-order valence-electron chi connectivity index (χ1n) is 14.6. The van der Waals surface area contributed by atoms with E-state index in [1.54, 1.807) is 0 Å². The van der Waals surface area contributed by atoms with Crippen molar-refractivity contribution >= 4 is 25.6 Å². The van der Waals surface area contributed by atoms with E-state index in [-0.39, 0.29) is 11.9 Å². The second-order valence-corrected chi connectivity index (χ2v) is 18.4. The highest BCUT2D eigenvalue weighted by Crippen LogP contribution is 2.38. The zero-order valence-corrected chi connectivity index (χ0v) is 26.4. The number of aromatic nitrogens is 3. The normalized spacial score (nSPS) is 14.4. The standard InChI is InChI=1S/C34H37ClN4O2Si/c1-24(26-11-8-12-29(35)17-26)39-14-13-37-21-28(19-31(37)34(39)40)27-18-30-32(20-36-33(30)25-9-6-5-7-10-25)38(22-27)23-41-15-16-42(2,3)4/h5-12,17-22,24H,13-16,23H2,1-4H3/t24-/m1/s1. The van der Waals surface area contributed by atoms with Crippen LogP contribution in [-0.2, 0) is 18.0 Å². The molecule has 6 nitrogen and oxygen atoms in total. The highest BCUT2D eigenvalue weighted by Gasteiger charge is 2.30. The predicted octanol–water partition coefficient (Wildman–Crippen LogP) is 8.31. The highest BCUT2D eigenvalue weighted by atomic mass is 35.5. The minimum atomic E-state index is -1.20. The highest BCUT2D eigenvalue weighted by molar-refractivity contribution is 6.76. The van der Waals surface area contributed by atoms with Gasteiger partial charge >= 0.3 is 0 Å². The van der Waals surface area contributed by atoms with Gasteiger partial charge in [-0.15, -0.1) is 0 Å². The van der Waals surface area contributed by atoms with Crippen LogP contribution in [0.2, 0.25) is 30.7 Å². The van der Waals surface area contributed by atoms with E-state index >= 15 is 0 Å². The molecular formula is C34H37ClN4O2Si. The Balaban J connectivity index is 1.34. The average Bonchev–Trinajstić information content (AvgIpc) is 3.60. The Bertz CT molecular complexity index is 1690. The Hall–Kier alpha value is -3.65. The number of amides is 1. The van der Waals surface area contributed by atoms with Gasteiger partial charge in [0, 0.05) is 67.4 Å². The van der Waals surface area contributed by atoms with Crippen LogP contribution in [0.5, 0.6) is 0 Å². The van der Waals surface area contributed by atoms with Crippen LogP contribution in [-0.4, -0.2) is 46.2 Å². The molecule has 0 aliphatic carbocycles. The summed E-state index contributed by atoms with van der Waals surface area (Å²) in [5, 5.41) is 0.680. The van der Waals surface area contributed by atoms with Crippen molar-refractivity contribution in [3.63, 3.8) is 0 Å². The Labute approximate surface area is 253 Å². The molecule has 8 heteroatoms. The first-order chi connectivity index (χ1) is 20.2. The lowest BCUT2D eigenvalue weighted by Gasteiger charge is -2.33. The number of benzene rings is 2. The third-order valence-corrected chi connectivity index (χ3v) is 10.1. The Kier molecular flexibility index (Phi) is 7.83. The fourth-order valence-corrected chi connectivity index (χ4v) is 6.59. The molecule has 0 bridgehead atoms. The molecule has 3 aliphatic heterocycles. The topological polar surface area (TPSA) is 52.3 Å². The molecule has 0 fully saturated rings. The molecule has 0 radical (unpaired) electrons. The summed E-state index contributed by atoms with van der Waals surface area (Å²) in [4.78, 5) is 20.5. The van der Waals surface area contributed by atoms with Crippen LogP contribution in [0.3, 0.4) is 0 Å². The predicted molar refractivity (Wildman–Crippen MR) is 173 cm³/mol. The lowest BCUT2D eigenvalue weighted by atomic mass is 10.0. The van der Waals surface area contributed by atoms with E-state index in [4.69, 9.17) is 21.3 Å². The molecule has 1 aromatic heterocycles. The first-order valence-corrected chi connectivity index (χ1v) is 18.7. The molecule has 0 spiro atoms. The molecule has 2 aromatic carbocycles. The maximum Gasteiger partial charge on any atom is 0.271 e. The fraction of sp³-hybridized carbons (Fsp3) is 0.294. The van der Waals surface area contributed by atoms with Crippen molar-refractivity contribution in [1.82, 2.24) is 19.0 Å². The minimum Gasteiger partial charge on any atom is -0.361 e. The van der Waals surface area contributed by atoms with Crippen LogP contribution in [0, 0.1) is 0 Å². The van der Waals surface area contributed by atoms with Crippen LogP contribution >= 0.6 is 11.6 Å². The van der Waals surface area contributed by atoms with Gasteiger partial charge in [-0.3, -0.25) is 9.78 Å². The molecule has 3 aliphatic rings. The van der Waals surface area contributed by atoms with Gasteiger partial charge in [0.15, 0.2) is 0 Å². The summed E-state index contributed by atoms with van der Waals surface area (Å²) in [6, 6.07) is 23.3. The SMILES string of the molecule is C[C@H](c1cccc(Cl)c1)N1CCn2cc(-c3cc4c(-c5ccccc5)ncc-4n(COCC[Si](C)(C)C)c3)cc2C1=O. The summed E-state index contributed by atoms with van der Waals surface area (Å²) < 4.78 is 10.4. The summed E-state index contributed by atoms with van der Waals surface area (Å²) in [5.41, 5.74) is 7.91. The van der Waals surface area contributed by atoms with Crippen molar-refractivity contribution in [3.8, 4) is 33.6 Å². The number of hydrogen-bond donors (Lipinski definition) is 0. The Morgan fingerprint density at radius 1 is 0.929 bits per heavy atom. The molecular weight excluding hydrogens is 560 g/mol. The summed E-state index contributed by atoms with van der Waals surface area (Å²) in [5.74, 6) is 0.0311. The summed E-state index contributed by atoms with van der Waals surface area (Å²) in [7, 11) is -1.20. The molecule has 0 saturated carbocycles. The van der Waals surface area contributed by atoms with E-state index in [2.05, 4.69) is 66.3 Å². The maximum atomic E-state index is 13.7. The number of pyridine rings is 1. The van der Waals surface area contributed by atoms with Crippen molar-refractivity contribution < 1.29 is 9.53 Å². The smallest absolute Gasteiger partial charge is 0.271 e. The van der Waals surface area contributed by atoms with Crippen molar-refractivity contribution in [2.75, 3.05) is 13.2 Å². The number of nitrogens with zero attached hydrogens (tertiary/aromatic N) is 4. The molecule has 42 heavy (non-hydrogen) atoms. The first kappa shape index (κ1) is 28.5. The van der Waals surface area contributed by atoms with E-state index in [1.807, 2.05) is 59.6 Å². The molecule has 6 rings (SSSR count). The molecule has 216 valence electrons. The van der Waals surface area contributed by atoms with Gasteiger partial charge in [-0.1, -0.05) is 73.7 Å². The van der Waals surface area contributed by atoms with Crippen molar-refractivity contribution in [3.05, 3.63) is 102 Å². The summed E-state index contributed by atoms with van der Waals surface area (Å²) in [6.45, 7) is 11.7. The zero-order chi connectivity index (χ0) is 29.4. The number of ether oxygens (including phenoxy) is 1. The Morgan fingerprint density at radius 3 is 2.48 bits per heavy atom. The summed E-state index contributed by atoms with van der Waals surface area (Å²) >= 11 is 6.25. The van der Waals surface area contributed by atoms with Gasteiger partial charge in [-0.2, -0.15) is 0 Å². The number of halogens is 1. The third kappa shape index (κ3) is 5.82. The Morgan fingerprint density at radius 2 is 1.71 bits per heavy atom. The molecule has 4 heterocycles. The second-order valence-electron chi connectivity index (χ2n) is 12.4. The van der Waals surface area contributed by atoms with E-state index in [0.717, 1.165) is 58.4 Å². The van der Waals surface area contributed by atoms with Crippen LogP contribution < -0.4 is 0 Å². The number of carbonyl (C=O) groups excluding carboxylic acids is 1. The van der Waals surface area contributed by atoms with E-state index in [0.29, 0.717) is 24.0 Å². The summed E-state index contributed by atoms with van der Waals surface area (Å²) in [6.07, 6.45) is 6.17. The number of carbonyl (C=O) groups is 1. The van der Waals surface area contributed by atoms with Crippen LogP contribution in [0.4, 0.5) is 0 Å². The second kappa shape index (κ2) is 11.6. The van der Waals surface area contributed by atoms with E-state index < -0.39 is 8.07 Å². The van der Waals surface area contributed by atoms with Gasteiger partial charge in [-0.25, -0.2) is 0 Å². The van der Waals surface area contributed by atoms with Gasteiger partial charge in [-0.05, 0) is 42.8 Å². The van der Waals surface area contributed by atoms with Gasteiger partial charge in [0.25, 0.3) is 5.91 Å². The van der Waals surface area contributed by atoms with Crippen molar-refractivity contribution in [1.29, 1.82) is 0 Å². The lowest BCUT2D eigenvalue weighted by Crippen LogP contribution is -2.41. The molecule has 0 saturated heterocycles.